The van der Waals surface area contributed by atoms with E-state index in [0.717, 1.165) is 6.42 Å². The minimum absolute atomic E-state index is 0.283. The molecule has 0 aliphatic rings. The van der Waals surface area contributed by atoms with Crippen molar-refractivity contribution >= 4 is 0 Å². The zero-order chi connectivity index (χ0) is 10.7. The van der Waals surface area contributed by atoms with Crippen LogP contribution in [0.15, 0.2) is 0 Å². The summed E-state index contributed by atoms with van der Waals surface area (Å²) in [5, 5.41) is 43.5. The Morgan fingerprint density at radius 2 is 1.46 bits per heavy atom. The Labute approximate surface area is 77.3 Å². The average Bonchev–Trinajstić information content (AvgIpc) is 1.82. The summed E-state index contributed by atoms with van der Waals surface area (Å²) in [7, 11) is 0. The van der Waals surface area contributed by atoms with Gasteiger partial charge in [-0.1, -0.05) is 20.3 Å². The van der Waals surface area contributed by atoms with E-state index < -0.39 is 11.8 Å². The van der Waals surface area contributed by atoms with E-state index in [0.29, 0.717) is 12.3 Å². The summed E-state index contributed by atoms with van der Waals surface area (Å²) in [4.78, 5) is 0. The van der Waals surface area contributed by atoms with E-state index in [1.54, 1.807) is 0 Å². The van der Waals surface area contributed by atoms with Crippen LogP contribution in [-0.2, 0) is 0 Å². The first-order valence-corrected chi connectivity index (χ1v) is 4.28. The Kier molecular flexibility index (Phi) is 4.28. The second kappa shape index (κ2) is 4.34. The molecule has 0 aromatic heterocycles. The van der Waals surface area contributed by atoms with Crippen LogP contribution in [0, 0.1) is 5.92 Å². The maximum absolute atomic E-state index is 8.97. The van der Waals surface area contributed by atoms with Gasteiger partial charge in [0.1, 0.15) is 0 Å². The Hall–Kier alpha value is -0.200. The molecule has 0 unspecified atom stereocenters. The van der Waals surface area contributed by atoms with Gasteiger partial charge in [0.2, 0.25) is 5.79 Å². The number of hydrogen-bond donors (Lipinski definition) is 5. The number of aliphatic hydroxyl groups is 5. The van der Waals surface area contributed by atoms with E-state index in [-0.39, 0.29) is 6.42 Å². The molecule has 0 spiro atoms. The van der Waals surface area contributed by atoms with E-state index in [4.69, 9.17) is 25.5 Å². The van der Waals surface area contributed by atoms with Crippen LogP contribution >= 0.6 is 0 Å². The van der Waals surface area contributed by atoms with Crippen molar-refractivity contribution in [1.82, 2.24) is 0 Å². The van der Waals surface area contributed by atoms with Gasteiger partial charge in [0.25, 0.3) is 0 Å². The highest BCUT2D eigenvalue weighted by Gasteiger charge is 2.45. The second-order valence-corrected chi connectivity index (χ2v) is 3.74. The summed E-state index contributed by atoms with van der Waals surface area (Å²) >= 11 is 0. The third kappa shape index (κ3) is 4.54. The van der Waals surface area contributed by atoms with Gasteiger partial charge in [-0.2, -0.15) is 0 Å². The molecule has 13 heavy (non-hydrogen) atoms. The molecule has 0 aromatic carbocycles. The van der Waals surface area contributed by atoms with Gasteiger partial charge in [-0.3, -0.25) is 0 Å². The first kappa shape index (κ1) is 12.8. The smallest absolute Gasteiger partial charge is 0.332 e. The molecule has 0 saturated heterocycles. The van der Waals surface area contributed by atoms with Crippen LogP contribution in [0.1, 0.15) is 33.1 Å². The largest absolute Gasteiger partial charge is 0.359 e. The van der Waals surface area contributed by atoms with Crippen molar-refractivity contribution in [1.29, 1.82) is 0 Å². The lowest BCUT2D eigenvalue weighted by Gasteiger charge is -2.29. The van der Waals surface area contributed by atoms with Crippen molar-refractivity contribution < 1.29 is 25.5 Å². The lowest BCUT2D eigenvalue weighted by Crippen LogP contribution is -2.54. The molecule has 80 valence electrons. The highest BCUT2D eigenvalue weighted by Crippen LogP contribution is 2.21. The van der Waals surface area contributed by atoms with Crippen molar-refractivity contribution in [3.63, 3.8) is 0 Å². The molecule has 0 aliphatic heterocycles. The predicted octanol–water partition coefficient (Wildman–Crippen LogP) is -0.876. The molecule has 0 saturated carbocycles. The van der Waals surface area contributed by atoms with Gasteiger partial charge in [0.15, 0.2) is 0 Å². The van der Waals surface area contributed by atoms with Gasteiger partial charge in [0, 0.05) is 6.42 Å². The highest BCUT2D eigenvalue weighted by molar-refractivity contribution is 4.72. The van der Waals surface area contributed by atoms with E-state index >= 15 is 0 Å². The molecule has 5 heteroatoms. The van der Waals surface area contributed by atoms with Gasteiger partial charge < -0.3 is 25.5 Å². The normalized spacial score (nSPS) is 13.8. The predicted molar refractivity (Wildman–Crippen MR) is 45.2 cm³/mol. The molecule has 0 heterocycles. The number of hydrogen-bond acceptors (Lipinski definition) is 5. The van der Waals surface area contributed by atoms with Gasteiger partial charge in [-0.05, 0) is 12.3 Å². The fraction of sp³-hybridized carbons (Fsp3) is 1.00. The van der Waals surface area contributed by atoms with Crippen LogP contribution in [0.25, 0.3) is 0 Å². The Morgan fingerprint density at radius 3 is 1.77 bits per heavy atom. The van der Waals surface area contributed by atoms with E-state index in [2.05, 4.69) is 0 Å². The van der Waals surface area contributed by atoms with Crippen LogP contribution in [0.5, 0.6) is 0 Å². The van der Waals surface area contributed by atoms with Crippen LogP contribution in [0.2, 0.25) is 0 Å². The third-order valence-electron chi connectivity index (χ3n) is 1.84. The molecule has 5 N–H and O–H groups in total. The zero-order valence-electron chi connectivity index (χ0n) is 7.93. The lowest BCUT2D eigenvalue weighted by atomic mass is 10.0. The van der Waals surface area contributed by atoms with E-state index in [9.17, 15) is 0 Å². The van der Waals surface area contributed by atoms with Gasteiger partial charge in [-0.25, -0.2) is 0 Å². The summed E-state index contributed by atoms with van der Waals surface area (Å²) in [6.07, 6.45) is 0.835. The molecule has 5 nitrogen and oxygen atoms in total. The van der Waals surface area contributed by atoms with Crippen molar-refractivity contribution in [2.45, 2.75) is 44.9 Å². The molecular formula is C8H18O5. The molecule has 0 aromatic rings. The minimum atomic E-state index is -3.45. The summed E-state index contributed by atoms with van der Waals surface area (Å²) in [6, 6.07) is 0. The second-order valence-electron chi connectivity index (χ2n) is 3.74. The molecule has 0 atom stereocenters. The SMILES string of the molecule is CC(C)CCCC(O)(O)C(O)(O)O. The number of rotatable bonds is 5. The van der Waals surface area contributed by atoms with E-state index in [1.165, 1.54) is 0 Å². The van der Waals surface area contributed by atoms with Crippen LogP contribution in [-0.4, -0.2) is 37.3 Å². The topological polar surface area (TPSA) is 101 Å². The Balaban J connectivity index is 3.90. The van der Waals surface area contributed by atoms with Gasteiger partial charge in [-0.15, -0.1) is 0 Å². The van der Waals surface area contributed by atoms with E-state index in [1.807, 2.05) is 13.8 Å². The maximum atomic E-state index is 8.97. The van der Waals surface area contributed by atoms with Gasteiger partial charge >= 0.3 is 5.97 Å². The fourth-order valence-corrected chi connectivity index (χ4v) is 0.925. The molecule has 0 bridgehead atoms. The zero-order valence-corrected chi connectivity index (χ0v) is 7.93. The van der Waals surface area contributed by atoms with Crippen LogP contribution < -0.4 is 0 Å². The Morgan fingerprint density at radius 1 is 1.00 bits per heavy atom. The molecular weight excluding hydrogens is 176 g/mol. The monoisotopic (exact) mass is 194 g/mol. The summed E-state index contributed by atoms with van der Waals surface area (Å²) < 4.78 is 0. The molecule has 0 aliphatic carbocycles. The summed E-state index contributed by atoms with van der Waals surface area (Å²) in [6.45, 7) is 3.92. The van der Waals surface area contributed by atoms with Crippen LogP contribution in [0.4, 0.5) is 0 Å². The standard InChI is InChI=1S/C8H18O5/c1-6(2)4-3-5-7(9,10)8(11,12)13/h6,9-13H,3-5H2,1-2H3. The first-order chi connectivity index (χ1) is 5.67. The highest BCUT2D eigenvalue weighted by atomic mass is 16.7. The van der Waals surface area contributed by atoms with Crippen molar-refractivity contribution in [3.8, 4) is 0 Å². The summed E-state index contributed by atoms with van der Waals surface area (Å²) in [5.74, 6) is -5.92. The maximum Gasteiger partial charge on any atom is 0.332 e. The molecule has 0 amide bonds. The minimum Gasteiger partial charge on any atom is -0.359 e. The molecule has 0 fully saturated rings. The van der Waals surface area contributed by atoms with Crippen molar-refractivity contribution in [2.24, 2.45) is 5.92 Å². The summed E-state index contributed by atoms with van der Waals surface area (Å²) in [5.41, 5.74) is 0. The van der Waals surface area contributed by atoms with Crippen molar-refractivity contribution in [3.05, 3.63) is 0 Å². The van der Waals surface area contributed by atoms with Crippen molar-refractivity contribution in [2.75, 3.05) is 0 Å². The fourth-order valence-electron chi connectivity index (χ4n) is 0.925. The van der Waals surface area contributed by atoms with Gasteiger partial charge in [0.05, 0.1) is 0 Å². The third-order valence-corrected chi connectivity index (χ3v) is 1.84. The van der Waals surface area contributed by atoms with Crippen LogP contribution in [0.3, 0.4) is 0 Å². The Bertz CT molecular complexity index is 147. The lowest BCUT2D eigenvalue weighted by molar-refractivity contribution is -0.447. The quantitative estimate of drug-likeness (QED) is 0.366. The first-order valence-electron chi connectivity index (χ1n) is 4.28. The average molecular weight is 194 g/mol. The molecule has 0 radical (unpaired) electrons. The molecule has 0 rings (SSSR count).